The van der Waals surface area contributed by atoms with Gasteiger partial charge in [0.25, 0.3) is 6.43 Å². The van der Waals surface area contributed by atoms with Crippen molar-refractivity contribution in [3.8, 4) is 0 Å². The number of benzene rings is 1. The molecule has 1 rings (SSSR count). The first-order valence-corrected chi connectivity index (χ1v) is 4.63. The third-order valence-corrected chi connectivity index (χ3v) is 1.78. The van der Waals surface area contributed by atoms with Crippen molar-refractivity contribution < 1.29 is 8.78 Å². The quantitative estimate of drug-likeness (QED) is 0.657. The number of nitrogens with zero attached hydrogens (tertiary/aromatic N) is 1. The second kappa shape index (κ2) is 5.47. The van der Waals surface area contributed by atoms with Gasteiger partial charge in [-0.05, 0) is 6.42 Å². The van der Waals surface area contributed by atoms with Gasteiger partial charge in [0.05, 0.1) is 0 Å². The van der Waals surface area contributed by atoms with Crippen molar-refractivity contribution in [2.75, 3.05) is 6.54 Å². The van der Waals surface area contributed by atoms with E-state index >= 15 is 0 Å². The van der Waals surface area contributed by atoms with Crippen LogP contribution in [0.4, 0.5) is 8.78 Å². The Labute approximate surface area is 82.5 Å². The summed E-state index contributed by atoms with van der Waals surface area (Å²) in [5.41, 5.74) is 0.406. The fraction of sp³-hybridized carbons (Fsp3) is 0.364. The van der Waals surface area contributed by atoms with E-state index in [2.05, 4.69) is 4.99 Å². The van der Waals surface area contributed by atoms with E-state index in [-0.39, 0.29) is 5.71 Å². The van der Waals surface area contributed by atoms with E-state index in [9.17, 15) is 8.78 Å². The molecule has 0 aliphatic heterocycles. The second-order valence-corrected chi connectivity index (χ2v) is 2.93. The number of aliphatic imine (C=N–C) groups is 1. The Bertz CT molecular complexity index is 293. The van der Waals surface area contributed by atoms with Gasteiger partial charge in [-0.2, -0.15) is 0 Å². The Hall–Kier alpha value is -1.25. The van der Waals surface area contributed by atoms with Gasteiger partial charge in [0.2, 0.25) is 0 Å². The standard InChI is InChI=1S/C11H13F2N/c1-2-8-14-10(11(12)13)9-6-4-3-5-7-9/h3-7,11H,2,8H2,1H3. The zero-order valence-electron chi connectivity index (χ0n) is 8.08. The molecule has 0 amide bonds. The maximum Gasteiger partial charge on any atom is 0.280 e. The molecule has 0 unspecified atom stereocenters. The van der Waals surface area contributed by atoms with Crippen molar-refractivity contribution in [2.45, 2.75) is 19.8 Å². The minimum Gasteiger partial charge on any atom is -0.283 e. The molecule has 0 aromatic heterocycles. The van der Waals surface area contributed by atoms with Gasteiger partial charge >= 0.3 is 0 Å². The van der Waals surface area contributed by atoms with Crippen LogP contribution in [-0.4, -0.2) is 18.7 Å². The summed E-state index contributed by atoms with van der Waals surface area (Å²) in [6, 6.07) is 8.58. The summed E-state index contributed by atoms with van der Waals surface area (Å²) in [5.74, 6) is 0. The lowest BCUT2D eigenvalue weighted by atomic mass is 10.1. The van der Waals surface area contributed by atoms with Gasteiger partial charge in [-0.15, -0.1) is 0 Å². The van der Waals surface area contributed by atoms with Crippen molar-refractivity contribution in [2.24, 2.45) is 4.99 Å². The summed E-state index contributed by atoms with van der Waals surface area (Å²) in [7, 11) is 0. The van der Waals surface area contributed by atoms with Gasteiger partial charge in [0.1, 0.15) is 5.71 Å². The molecule has 0 fully saturated rings. The van der Waals surface area contributed by atoms with Crippen LogP contribution in [0.3, 0.4) is 0 Å². The van der Waals surface area contributed by atoms with Crippen LogP contribution < -0.4 is 0 Å². The number of rotatable bonds is 4. The van der Waals surface area contributed by atoms with Crippen molar-refractivity contribution in [1.29, 1.82) is 0 Å². The molecule has 3 heteroatoms. The van der Waals surface area contributed by atoms with Crippen molar-refractivity contribution in [3.05, 3.63) is 35.9 Å². The summed E-state index contributed by atoms with van der Waals surface area (Å²) in [5, 5.41) is 0. The van der Waals surface area contributed by atoms with Crippen LogP contribution in [0.25, 0.3) is 0 Å². The summed E-state index contributed by atoms with van der Waals surface area (Å²) >= 11 is 0. The van der Waals surface area contributed by atoms with Crippen molar-refractivity contribution in [3.63, 3.8) is 0 Å². The molecule has 14 heavy (non-hydrogen) atoms. The molecule has 1 aromatic carbocycles. The van der Waals surface area contributed by atoms with E-state index in [1.807, 2.05) is 6.92 Å². The van der Waals surface area contributed by atoms with Crippen LogP contribution in [0.15, 0.2) is 35.3 Å². The van der Waals surface area contributed by atoms with Crippen LogP contribution in [0.1, 0.15) is 18.9 Å². The van der Waals surface area contributed by atoms with Gasteiger partial charge < -0.3 is 0 Å². The molecule has 0 saturated heterocycles. The molecule has 0 N–H and O–H groups in total. The van der Waals surface area contributed by atoms with Crippen LogP contribution in [-0.2, 0) is 0 Å². The smallest absolute Gasteiger partial charge is 0.280 e. The largest absolute Gasteiger partial charge is 0.283 e. The summed E-state index contributed by atoms with van der Waals surface area (Å²) in [6.45, 7) is 2.37. The zero-order valence-corrected chi connectivity index (χ0v) is 8.08. The molecule has 0 saturated carbocycles. The fourth-order valence-electron chi connectivity index (χ4n) is 1.13. The molecule has 1 nitrogen and oxygen atoms in total. The van der Waals surface area contributed by atoms with Crippen LogP contribution in [0.5, 0.6) is 0 Å². The van der Waals surface area contributed by atoms with Crippen LogP contribution in [0, 0.1) is 0 Å². The topological polar surface area (TPSA) is 12.4 Å². The molecular formula is C11H13F2N. The zero-order chi connectivity index (χ0) is 10.4. The predicted octanol–water partition coefficient (Wildman–Crippen LogP) is 3.15. The number of hydrogen-bond acceptors (Lipinski definition) is 1. The first-order valence-electron chi connectivity index (χ1n) is 4.63. The Morgan fingerprint density at radius 3 is 2.43 bits per heavy atom. The third kappa shape index (κ3) is 2.91. The van der Waals surface area contributed by atoms with E-state index in [4.69, 9.17) is 0 Å². The molecule has 0 heterocycles. The second-order valence-electron chi connectivity index (χ2n) is 2.93. The highest BCUT2D eigenvalue weighted by Crippen LogP contribution is 2.09. The monoisotopic (exact) mass is 197 g/mol. The lowest BCUT2D eigenvalue weighted by molar-refractivity contribution is 0.226. The van der Waals surface area contributed by atoms with Gasteiger partial charge in [-0.1, -0.05) is 37.3 Å². The third-order valence-electron chi connectivity index (χ3n) is 1.78. The molecule has 0 spiro atoms. The van der Waals surface area contributed by atoms with Crippen LogP contribution >= 0.6 is 0 Å². The highest BCUT2D eigenvalue weighted by atomic mass is 19.3. The van der Waals surface area contributed by atoms with Crippen molar-refractivity contribution in [1.82, 2.24) is 0 Å². The maximum atomic E-state index is 12.6. The molecule has 0 atom stereocenters. The molecule has 76 valence electrons. The molecule has 0 radical (unpaired) electrons. The highest BCUT2D eigenvalue weighted by molar-refractivity contribution is 6.02. The molecular weight excluding hydrogens is 184 g/mol. The average Bonchev–Trinajstić information content (AvgIpc) is 2.19. The Morgan fingerprint density at radius 1 is 1.29 bits per heavy atom. The molecule has 0 aliphatic rings. The Kier molecular flexibility index (Phi) is 4.23. The average molecular weight is 197 g/mol. The van der Waals surface area contributed by atoms with Gasteiger partial charge in [0, 0.05) is 12.1 Å². The molecule has 0 bridgehead atoms. The lowest BCUT2D eigenvalue weighted by Gasteiger charge is -2.04. The van der Waals surface area contributed by atoms with Crippen molar-refractivity contribution >= 4 is 5.71 Å². The summed E-state index contributed by atoms with van der Waals surface area (Å²) in [4.78, 5) is 3.88. The first kappa shape index (κ1) is 10.8. The minimum atomic E-state index is -2.50. The summed E-state index contributed by atoms with van der Waals surface area (Å²) < 4.78 is 25.2. The summed E-state index contributed by atoms with van der Waals surface area (Å²) in [6.07, 6.45) is -1.72. The van der Waals surface area contributed by atoms with Gasteiger partial charge in [-0.25, -0.2) is 8.78 Å². The first-order chi connectivity index (χ1) is 6.75. The normalized spacial score (nSPS) is 12.1. The van der Waals surface area contributed by atoms with E-state index < -0.39 is 6.43 Å². The maximum absolute atomic E-state index is 12.6. The Balaban J connectivity index is 2.89. The van der Waals surface area contributed by atoms with Gasteiger partial charge in [0.15, 0.2) is 0 Å². The van der Waals surface area contributed by atoms with E-state index in [1.54, 1.807) is 30.3 Å². The fourth-order valence-corrected chi connectivity index (χ4v) is 1.13. The number of alkyl halides is 2. The predicted molar refractivity (Wildman–Crippen MR) is 54.1 cm³/mol. The highest BCUT2D eigenvalue weighted by Gasteiger charge is 2.14. The SMILES string of the molecule is CCCN=C(c1ccccc1)C(F)F. The van der Waals surface area contributed by atoms with E-state index in [0.717, 1.165) is 6.42 Å². The lowest BCUT2D eigenvalue weighted by Crippen LogP contribution is -2.12. The Morgan fingerprint density at radius 2 is 1.93 bits per heavy atom. The minimum absolute atomic E-state index is 0.104. The number of hydrogen-bond donors (Lipinski definition) is 0. The van der Waals surface area contributed by atoms with Crippen LogP contribution in [0.2, 0.25) is 0 Å². The number of halogens is 2. The van der Waals surface area contributed by atoms with E-state index in [1.165, 1.54) is 0 Å². The molecule has 1 aromatic rings. The molecule has 0 aliphatic carbocycles. The van der Waals surface area contributed by atoms with E-state index in [0.29, 0.717) is 12.1 Å². The van der Waals surface area contributed by atoms with Gasteiger partial charge in [-0.3, -0.25) is 4.99 Å².